The number of aliphatic hydroxyl groups excluding tert-OH is 2. The molecule has 5 heteroatoms. The first-order valence-electron chi connectivity index (χ1n) is 11.9. The van der Waals surface area contributed by atoms with Gasteiger partial charge in [-0.15, -0.1) is 0 Å². The molecule has 0 amide bonds. The predicted octanol–water partition coefficient (Wildman–Crippen LogP) is 4.58. The van der Waals surface area contributed by atoms with E-state index in [0.29, 0.717) is 12.8 Å². The Bertz CT molecular complexity index is 765. The molecule has 180 valence electrons. The monoisotopic (exact) mass is 446 g/mol. The maximum atomic E-state index is 13.0. The Morgan fingerprint density at radius 1 is 1.38 bits per heavy atom. The van der Waals surface area contributed by atoms with Crippen molar-refractivity contribution >= 4 is 5.97 Å². The molecule has 0 saturated carbocycles. The molecule has 2 rings (SSSR count). The van der Waals surface area contributed by atoms with Gasteiger partial charge in [0.15, 0.2) is 0 Å². The molecule has 1 aliphatic rings. The van der Waals surface area contributed by atoms with Gasteiger partial charge in [-0.25, -0.2) is 0 Å². The van der Waals surface area contributed by atoms with Crippen molar-refractivity contribution in [3.8, 4) is 0 Å². The van der Waals surface area contributed by atoms with Gasteiger partial charge in [0, 0.05) is 26.1 Å². The van der Waals surface area contributed by atoms with Crippen molar-refractivity contribution in [1.82, 2.24) is 0 Å². The second-order valence-electron chi connectivity index (χ2n) is 9.96. The fourth-order valence-corrected chi connectivity index (χ4v) is 4.28. The Balaban J connectivity index is 2.40. The minimum absolute atomic E-state index is 0.0229. The normalized spacial score (nSPS) is 28.5. The fraction of sp³-hybridized carbons (Fsp3) is 0.667. The summed E-state index contributed by atoms with van der Waals surface area (Å²) in [5, 5.41) is 20.4. The largest absolute Gasteiger partial charge is 0.457 e. The Labute approximate surface area is 193 Å². The van der Waals surface area contributed by atoms with Gasteiger partial charge < -0.3 is 19.7 Å². The van der Waals surface area contributed by atoms with E-state index in [9.17, 15) is 15.0 Å². The summed E-state index contributed by atoms with van der Waals surface area (Å²) in [6.07, 6.45) is 4.17. The molecule has 0 fully saturated rings. The number of cyclic esters (lactones) is 1. The summed E-state index contributed by atoms with van der Waals surface area (Å²) < 4.78 is 11.7. The summed E-state index contributed by atoms with van der Waals surface area (Å²) in [4.78, 5) is 13.0. The van der Waals surface area contributed by atoms with E-state index >= 15 is 0 Å². The number of ether oxygens (including phenoxy) is 2. The third-order valence-corrected chi connectivity index (χ3v) is 7.03. The molecule has 0 saturated heterocycles. The third kappa shape index (κ3) is 7.16. The maximum absolute atomic E-state index is 13.0. The maximum Gasteiger partial charge on any atom is 0.311 e. The van der Waals surface area contributed by atoms with Gasteiger partial charge in [-0.2, -0.15) is 0 Å². The van der Waals surface area contributed by atoms with Gasteiger partial charge >= 0.3 is 5.97 Å². The average molecular weight is 447 g/mol. The number of fused-ring (bicyclic) bond motifs is 2. The first-order chi connectivity index (χ1) is 15.1. The van der Waals surface area contributed by atoms with Crippen LogP contribution in [0, 0.1) is 11.8 Å². The molecule has 0 radical (unpaired) electrons. The smallest absolute Gasteiger partial charge is 0.311 e. The molecule has 0 aromatic heterocycles. The summed E-state index contributed by atoms with van der Waals surface area (Å²) in [5.41, 5.74) is 3.11. The van der Waals surface area contributed by atoms with Gasteiger partial charge in [-0.05, 0) is 61.6 Å². The zero-order valence-electron chi connectivity index (χ0n) is 20.6. The lowest BCUT2D eigenvalue weighted by atomic mass is 9.78. The molecular formula is C27H42O5. The van der Waals surface area contributed by atoms with Crippen LogP contribution in [0.15, 0.2) is 35.9 Å². The van der Waals surface area contributed by atoms with Crippen LogP contribution in [-0.2, 0) is 26.1 Å². The molecule has 1 aliphatic heterocycles. The Morgan fingerprint density at radius 3 is 2.72 bits per heavy atom. The van der Waals surface area contributed by atoms with Crippen LogP contribution in [0.3, 0.4) is 0 Å². The summed E-state index contributed by atoms with van der Waals surface area (Å²) in [5.74, 6) is -1.03. The lowest BCUT2D eigenvalue weighted by Gasteiger charge is -2.31. The molecule has 0 spiro atoms. The second kappa shape index (κ2) is 12.0. The number of carbonyl (C=O) groups is 1. The van der Waals surface area contributed by atoms with Gasteiger partial charge in [0.25, 0.3) is 0 Å². The number of rotatable bonds is 5. The van der Waals surface area contributed by atoms with E-state index in [2.05, 4.69) is 26.0 Å². The van der Waals surface area contributed by atoms with Crippen molar-refractivity contribution in [3.05, 3.63) is 47.0 Å². The van der Waals surface area contributed by atoms with Crippen molar-refractivity contribution < 1.29 is 24.5 Å². The van der Waals surface area contributed by atoms with E-state index in [-0.39, 0.29) is 24.0 Å². The van der Waals surface area contributed by atoms with Gasteiger partial charge in [0.2, 0.25) is 0 Å². The SMILES string of the molecule is CC[C@H](/C=C(/C)[C@@H]1C[C@@H](OC)CCC(C)(C)c2cccc(c2)C[C@@H](O)[C@H](C)C(=O)O1)CO. The molecule has 5 atom stereocenters. The standard InChI is InChI=1S/C27H42O5/c1-7-20(17-28)13-18(2)25-16-23(31-6)11-12-27(4,5)22-10-8-9-21(14-22)15-24(29)19(3)26(30)32-25/h8-10,13-14,19-20,23-25,28-29H,7,11-12,15-17H2,1-6H3/b18-13-/t19-,20+,23-,24+,25-/m0/s1. The Morgan fingerprint density at radius 2 is 2.09 bits per heavy atom. The predicted molar refractivity (Wildman–Crippen MR) is 127 cm³/mol. The number of hydrogen-bond donors (Lipinski definition) is 2. The average Bonchev–Trinajstić information content (AvgIpc) is 2.78. The highest BCUT2D eigenvalue weighted by atomic mass is 16.5. The topological polar surface area (TPSA) is 76.0 Å². The first-order valence-corrected chi connectivity index (χ1v) is 11.9. The van der Waals surface area contributed by atoms with E-state index in [1.807, 2.05) is 32.1 Å². The second-order valence-corrected chi connectivity index (χ2v) is 9.96. The van der Waals surface area contributed by atoms with E-state index in [1.54, 1.807) is 14.0 Å². The zero-order valence-corrected chi connectivity index (χ0v) is 20.6. The van der Waals surface area contributed by atoms with Crippen LogP contribution in [0.1, 0.15) is 71.4 Å². The number of aliphatic hydroxyl groups is 2. The minimum Gasteiger partial charge on any atom is -0.457 e. The van der Waals surface area contributed by atoms with Crippen LogP contribution >= 0.6 is 0 Å². The number of methoxy groups -OCH3 is 1. The van der Waals surface area contributed by atoms with E-state index in [1.165, 1.54) is 5.56 Å². The van der Waals surface area contributed by atoms with Crippen molar-refractivity contribution in [3.63, 3.8) is 0 Å². The van der Waals surface area contributed by atoms with Crippen molar-refractivity contribution in [2.45, 2.75) is 90.4 Å². The van der Waals surface area contributed by atoms with Crippen LogP contribution in [0.25, 0.3) is 0 Å². The van der Waals surface area contributed by atoms with Crippen molar-refractivity contribution in [2.24, 2.45) is 11.8 Å². The molecule has 1 aromatic carbocycles. The molecule has 2 bridgehead atoms. The molecule has 0 aliphatic carbocycles. The lowest BCUT2D eigenvalue weighted by Crippen LogP contribution is -2.34. The number of hydrogen-bond acceptors (Lipinski definition) is 5. The van der Waals surface area contributed by atoms with E-state index in [4.69, 9.17) is 9.47 Å². The summed E-state index contributed by atoms with van der Waals surface area (Å²) in [7, 11) is 1.70. The minimum atomic E-state index is -0.826. The summed E-state index contributed by atoms with van der Waals surface area (Å²) in [6, 6.07) is 8.30. The highest BCUT2D eigenvalue weighted by molar-refractivity contribution is 5.73. The fourth-order valence-electron chi connectivity index (χ4n) is 4.28. The van der Waals surface area contributed by atoms with E-state index in [0.717, 1.165) is 30.4 Å². The van der Waals surface area contributed by atoms with Crippen LogP contribution < -0.4 is 0 Å². The zero-order chi connectivity index (χ0) is 23.9. The number of carbonyl (C=O) groups excluding carboxylic acids is 1. The molecule has 32 heavy (non-hydrogen) atoms. The molecular weight excluding hydrogens is 404 g/mol. The van der Waals surface area contributed by atoms with Crippen LogP contribution in [-0.4, -0.2) is 48.2 Å². The number of esters is 1. The quantitative estimate of drug-likeness (QED) is 0.511. The van der Waals surface area contributed by atoms with E-state index < -0.39 is 24.1 Å². The van der Waals surface area contributed by atoms with Crippen molar-refractivity contribution in [1.29, 1.82) is 0 Å². The van der Waals surface area contributed by atoms with Gasteiger partial charge in [-0.3, -0.25) is 4.79 Å². The molecule has 5 nitrogen and oxygen atoms in total. The Kier molecular flexibility index (Phi) is 9.93. The Hall–Kier alpha value is -1.69. The highest BCUT2D eigenvalue weighted by Crippen LogP contribution is 2.32. The lowest BCUT2D eigenvalue weighted by molar-refractivity contribution is -0.157. The molecule has 1 aromatic rings. The molecule has 1 heterocycles. The van der Waals surface area contributed by atoms with Gasteiger partial charge in [0.1, 0.15) is 6.10 Å². The van der Waals surface area contributed by atoms with Crippen LogP contribution in [0.4, 0.5) is 0 Å². The highest BCUT2D eigenvalue weighted by Gasteiger charge is 2.31. The van der Waals surface area contributed by atoms with Gasteiger partial charge in [-0.1, -0.05) is 51.1 Å². The van der Waals surface area contributed by atoms with Crippen LogP contribution in [0.5, 0.6) is 0 Å². The number of benzene rings is 1. The van der Waals surface area contributed by atoms with Crippen LogP contribution in [0.2, 0.25) is 0 Å². The van der Waals surface area contributed by atoms with Gasteiger partial charge in [0.05, 0.1) is 18.1 Å². The molecule has 2 N–H and O–H groups in total. The molecule has 0 unspecified atom stereocenters. The van der Waals surface area contributed by atoms with Crippen molar-refractivity contribution in [2.75, 3.05) is 13.7 Å². The summed E-state index contributed by atoms with van der Waals surface area (Å²) in [6.45, 7) is 10.2. The third-order valence-electron chi connectivity index (χ3n) is 7.03. The summed E-state index contributed by atoms with van der Waals surface area (Å²) >= 11 is 0. The first kappa shape index (κ1) is 26.6.